The summed E-state index contributed by atoms with van der Waals surface area (Å²) in [4.78, 5) is 9.61. The van der Waals surface area contributed by atoms with Gasteiger partial charge >= 0.3 is 37.9 Å². The van der Waals surface area contributed by atoms with E-state index < -0.39 is 20.8 Å². The zero-order valence-electron chi connectivity index (χ0n) is 26.4. The molecular weight excluding hydrogens is 699 g/mol. The van der Waals surface area contributed by atoms with Crippen LogP contribution in [0.4, 0.5) is 0 Å². The summed E-state index contributed by atoms with van der Waals surface area (Å²) in [5.41, 5.74) is 9.19. The van der Waals surface area contributed by atoms with Gasteiger partial charge in [0, 0.05) is 20.3 Å². The van der Waals surface area contributed by atoms with Gasteiger partial charge in [0.2, 0.25) is 0 Å². The van der Waals surface area contributed by atoms with Crippen LogP contribution in [0.5, 0.6) is 0 Å². The summed E-state index contributed by atoms with van der Waals surface area (Å²) in [7, 11) is 11.0. The molecule has 6 aromatic carbocycles. The van der Waals surface area contributed by atoms with Gasteiger partial charge in [-0.3, -0.25) is 0 Å². The third kappa shape index (κ3) is 8.11. The molecular formula is C40H34Cl2N2SiZr. The molecule has 0 aliphatic rings. The van der Waals surface area contributed by atoms with Crippen LogP contribution in [0.15, 0.2) is 133 Å². The molecule has 0 saturated heterocycles. The maximum absolute atomic E-state index is 4.93. The molecule has 0 bridgehead atoms. The van der Waals surface area contributed by atoms with E-state index in [1.165, 1.54) is 54.6 Å². The number of benzene rings is 4. The Kier molecular flexibility index (Phi) is 12.1. The minimum absolute atomic E-state index is 0.826. The van der Waals surface area contributed by atoms with Crippen molar-refractivity contribution in [2.24, 2.45) is 0 Å². The first-order valence-electron chi connectivity index (χ1n) is 15.0. The van der Waals surface area contributed by atoms with Crippen molar-refractivity contribution in [1.82, 2.24) is 9.97 Å². The van der Waals surface area contributed by atoms with Crippen molar-refractivity contribution in [1.29, 1.82) is 0 Å². The van der Waals surface area contributed by atoms with Crippen molar-refractivity contribution < 1.29 is 20.8 Å². The van der Waals surface area contributed by atoms with Crippen molar-refractivity contribution in [2.75, 3.05) is 0 Å². The van der Waals surface area contributed by atoms with Gasteiger partial charge in [0.15, 0.2) is 0 Å². The second kappa shape index (κ2) is 16.4. The van der Waals surface area contributed by atoms with Gasteiger partial charge < -0.3 is 0 Å². The van der Waals surface area contributed by atoms with Crippen molar-refractivity contribution in [3.8, 4) is 22.5 Å². The monoisotopic (exact) mass is 730 g/mol. The Morgan fingerprint density at radius 1 is 0.543 bits per heavy atom. The van der Waals surface area contributed by atoms with Crippen molar-refractivity contribution in [2.45, 2.75) is 26.9 Å². The standard InChI is InChI=1S/2C19H14N.C2H6Si.2ClH.Zr/c2*1-13-11-15-6-4-7-16(17(15)12-13)19-10-9-14-5-2-3-8-18(14)20-19;1-3-2;;;/h2*2-12H,1H3;1-2H3;2*1H;/q2*-1;;;;+4/p-2. The Balaban J connectivity index is 0.000000155. The van der Waals surface area contributed by atoms with E-state index in [9.17, 15) is 0 Å². The number of para-hydroxylation sites is 2. The van der Waals surface area contributed by atoms with Gasteiger partial charge in [0.25, 0.3) is 0 Å². The summed E-state index contributed by atoms with van der Waals surface area (Å²) in [5.74, 6) is 0. The molecule has 0 N–H and O–H groups in total. The van der Waals surface area contributed by atoms with Crippen LogP contribution in [0.25, 0.3) is 65.9 Å². The van der Waals surface area contributed by atoms with Crippen LogP contribution < -0.4 is 0 Å². The summed E-state index contributed by atoms with van der Waals surface area (Å²) >= 11 is -0.826. The number of halogens is 2. The van der Waals surface area contributed by atoms with Crippen LogP contribution >= 0.6 is 17.0 Å². The van der Waals surface area contributed by atoms with Gasteiger partial charge in [0.05, 0.1) is 22.4 Å². The molecule has 46 heavy (non-hydrogen) atoms. The van der Waals surface area contributed by atoms with Crippen LogP contribution in [-0.4, -0.2) is 19.5 Å². The molecule has 2 nitrogen and oxygen atoms in total. The fourth-order valence-electron chi connectivity index (χ4n) is 5.65. The Bertz CT molecular complexity index is 2040. The van der Waals surface area contributed by atoms with Crippen LogP contribution in [0, 0.1) is 13.8 Å². The number of hydrogen-bond acceptors (Lipinski definition) is 2. The summed E-state index contributed by atoms with van der Waals surface area (Å²) in [6.07, 6.45) is 0. The SMILES string of the molecule is C[Si]C.Cc1cc2c(-c3ccc4ccccc4n3)cccc2[cH-]1.Cc1cc2c(-c3ccc4ccccc4n3)cccc2[cH-]1.[Cl][Zr+2][Cl]. The predicted molar refractivity (Wildman–Crippen MR) is 199 cm³/mol. The number of hydrogen-bond donors (Lipinski definition) is 0. The number of nitrogens with zero attached hydrogens (tertiary/aromatic N) is 2. The van der Waals surface area contributed by atoms with Gasteiger partial charge in [-0.05, 0) is 35.4 Å². The van der Waals surface area contributed by atoms with Crippen LogP contribution in [-0.2, 0) is 20.8 Å². The van der Waals surface area contributed by atoms with Crippen molar-refractivity contribution >= 4 is 69.9 Å². The van der Waals surface area contributed by atoms with E-state index in [0.717, 1.165) is 31.9 Å². The summed E-state index contributed by atoms with van der Waals surface area (Å²) in [6, 6.07) is 46.7. The first kappa shape index (κ1) is 33.9. The molecule has 0 fully saturated rings. The number of rotatable bonds is 2. The fraction of sp³-hybridized carbons (Fsp3) is 0.100. The quantitative estimate of drug-likeness (QED) is 0.131. The molecule has 0 unspecified atom stereocenters. The molecule has 8 rings (SSSR count). The maximum atomic E-state index is 4.93. The molecule has 0 aliphatic carbocycles. The zero-order valence-corrected chi connectivity index (χ0v) is 31.3. The first-order chi connectivity index (χ1) is 22.4. The normalized spacial score (nSPS) is 10.4. The molecule has 226 valence electrons. The number of aryl methyl sites for hydroxylation is 2. The van der Waals surface area contributed by atoms with E-state index in [1.54, 1.807) is 0 Å². The Labute approximate surface area is 292 Å². The Morgan fingerprint density at radius 3 is 1.35 bits per heavy atom. The van der Waals surface area contributed by atoms with E-state index in [-0.39, 0.29) is 0 Å². The summed E-state index contributed by atoms with van der Waals surface area (Å²) in [5, 5.41) is 7.51. The second-order valence-corrected chi connectivity index (χ2v) is 15.8. The van der Waals surface area contributed by atoms with Gasteiger partial charge in [0.1, 0.15) is 0 Å². The number of pyridine rings is 2. The molecule has 8 aromatic rings. The first-order valence-corrected chi connectivity index (χ1v) is 23.4. The molecule has 6 heteroatoms. The molecule has 2 aromatic heterocycles. The van der Waals surface area contributed by atoms with Crippen LogP contribution in [0.3, 0.4) is 0 Å². The molecule has 0 atom stereocenters. The van der Waals surface area contributed by atoms with E-state index >= 15 is 0 Å². The average molecular weight is 733 g/mol. The molecule has 0 aliphatic heterocycles. The third-order valence-electron chi connectivity index (χ3n) is 7.54. The second-order valence-electron chi connectivity index (χ2n) is 11.0. The molecule has 0 spiro atoms. The van der Waals surface area contributed by atoms with Crippen molar-refractivity contribution in [3.63, 3.8) is 0 Å². The molecule has 2 heterocycles. The molecule has 0 amide bonds. The van der Waals surface area contributed by atoms with Crippen molar-refractivity contribution in [3.05, 3.63) is 145 Å². The van der Waals surface area contributed by atoms with E-state index in [2.05, 4.69) is 136 Å². The van der Waals surface area contributed by atoms with Crippen LogP contribution in [0.1, 0.15) is 11.1 Å². The van der Waals surface area contributed by atoms with Gasteiger partial charge in [-0.2, -0.15) is 12.1 Å². The Morgan fingerprint density at radius 2 is 0.935 bits per heavy atom. The van der Waals surface area contributed by atoms with E-state index in [1.807, 2.05) is 24.3 Å². The average Bonchev–Trinajstić information content (AvgIpc) is 3.66. The van der Waals surface area contributed by atoms with Crippen LogP contribution in [0.2, 0.25) is 13.1 Å². The summed E-state index contributed by atoms with van der Waals surface area (Å²) in [6.45, 7) is 8.58. The zero-order chi connectivity index (χ0) is 32.5. The van der Waals surface area contributed by atoms with E-state index in [4.69, 9.17) is 27.0 Å². The third-order valence-corrected chi connectivity index (χ3v) is 7.54. The topological polar surface area (TPSA) is 25.8 Å². The predicted octanol–water partition coefficient (Wildman–Crippen LogP) is 12.3. The molecule has 0 saturated carbocycles. The number of aromatic nitrogens is 2. The number of fused-ring (bicyclic) bond motifs is 4. The van der Waals surface area contributed by atoms with Gasteiger partial charge in [-0.1, -0.05) is 87.6 Å². The fourth-order valence-corrected chi connectivity index (χ4v) is 5.65. The minimum atomic E-state index is -0.826. The van der Waals surface area contributed by atoms with Gasteiger partial charge in [-0.25, -0.2) is 9.97 Å². The Hall–Kier alpha value is -3.40. The molecule has 2 radical (unpaired) electrons. The van der Waals surface area contributed by atoms with E-state index in [0.29, 0.717) is 0 Å². The summed E-state index contributed by atoms with van der Waals surface area (Å²) < 4.78 is 0. The van der Waals surface area contributed by atoms with Gasteiger partial charge in [-0.15, -0.1) is 69.1 Å².